The fourth-order valence-corrected chi connectivity index (χ4v) is 3.01. The molecular weight excluding hydrogens is 317 g/mol. The maximum Gasteiger partial charge on any atom is 0.190 e. The highest BCUT2D eigenvalue weighted by Gasteiger charge is 2.59. The Hall–Kier alpha value is -0.0400. The van der Waals surface area contributed by atoms with Crippen molar-refractivity contribution in [3.63, 3.8) is 0 Å². The minimum absolute atomic E-state index is 0. The van der Waals surface area contributed by atoms with Gasteiger partial charge in [-0.25, -0.2) is 0 Å². The summed E-state index contributed by atoms with van der Waals surface area (Å²) < 4.78 is 5.75. The van der Waals surface area contributed by atoms with Crippen LogP contribution in [0.5, 0.6) is 0 Å². The number of rotatable bonds is 1. The highest BCUT2D eigenvalue weighted by molar-refractivity contribution is 14.0. The first-order valence-corrected chi connectivity index (χ1v) is 5.64. The highest BCUT2D eigenvalue weighted by Crippen LogP contribution is 2.51. The second kappa shape index (κ2) is 5.08. The third-order valence-corrected chi connectivity index (χ3v) is 3.85. The molecule has 2 aliphatic rings. The Morgan fingerprint density at radius 1 is 1.44 bits per heavy atom. The van der Waals surface area contributed by atoms with Crippen LogP contribution in [0, 0.1) is 11.3 Å². The summed E-state index contributed by atoms with van der Waals surface area (Å²) in [4.78, 5) is 4.16. The summed E-state index contributed by atoms with van der Waals surface area (Å²) in [5, 5.41) is 6.54. The largest absolute Gasteiger partial charge is 0.377 e. The standard InChI is InChI=1S/C11H21N3O.HI/c1-11(2)8(14-10(12-3)13-4)7-5-6-15-9(7)11;/h7-9H,5-6H2,1-4H3,(H2,12,13,14);1H. The summed E-state index contributed by atoms with van der Waals surface area (Å²) >= 11 is 0. The number of nitrogens with zero attached hydrogens (tertiary/aromatic N) is 1. The number of fused-ring (bicyclic) bond motifs is 1. The van der Waals surface area contributed by atoms with Crippen molar-refractivity contribution in [1.82, 2.24) is 10.6 Å². The van der Waals surface area contributed by atoms with Crippen LogP contribution in [-0.4, -0.2) is 38.8 Å². The molecule has 0 aromatic heterocycles. The fraction of sp³-hybridized carbons (Fsp3) is 0.909. The number of ether oxygens (including phenoxy) is 1. The summed E-state index contributed by atoms with van der Waals surface area (Å²) in [5.74, 6) is 1.53. The van der Waals surface area contributed by atoms with E-state index in [4.69, 9.17) is 4.74 Å². The van der Waals surface area contributed by atoms with Gasteiger partial charge in [0.05, 0.1) is 6.10 Å². The highest BCUT2D eigenvalue weighted by atomic mass is 127. The van der Waals surface area contributed by atoms with Crippen LogP contribution in [0.3, 0.4) is 0 Å². The van der Waals surface area contributed by atoms with Gasteiger partial charge in [0.25, 0.3) is 0 Å². The van der Waals surface area contributed by atoms with Gasteiger partial charge in [0.1, 0.15) is 0 Å². The quantitative estimate of drug-likeness (QED) is 0.429. The Morgan fingerprint density at radius 3 is 2.69 bits per heavy atom. The normalized spacial score (nSPS) is 35.8. The SMILES string of the molecule is CN=C(NC)NC1C2CCOC2C1(C)C.I. The first-order valence-electron chi connectivity index (χ1n) is 5.64. The van der Waals surface area contributed by atoms with Gasteiger partial charge in [0.15, 0.2) is 5.96 Å². The smallest absolute Gasteiger partial charge is 0.190 e. The molecule has 94 valence electrons. The van der Waals surface area contributed by atoms with Gasteiger partial charge in [-0.3, -0.25) is 4.99 Å². The molecule has 16 heavy (non-hydrogen) atoms. The van der Waals surface area contributed by atoms with Crippen LogP contribution in [0.1, 0.15) is 20.3 Å². The van der Waals surface area contributed by atoms with Crippen LogP contribution in [0.4, 0.5) is 0 Å². The van der Waals surface area contributed by atoms with E-state index >= 15 is 0 Å². The van der Waals surface area contributed by atoms with Gasteiger partial charge in [-0.1, -0.05) is 13.8 Å². The monoisotopic (exact) mass is 339 g/mol. The summed E-state index contributed by atoms with van der Waals surface area (Å²) in [5.41, 5.74) is 0.216. The molecule has 0 radical (unpaired) electrons. The maximum atomic E-state index is 5.75. The molecule has 0 amide bonds. The van der Waals surface area contributed by atoms with E-state index in [9.17, 15) is 0 Å². The van der Waals surface area contributed by atoms with E-state index in [0.717, 1.165) is 12.6 Å². The lowest BCUT2D eigenvalue weighted by Crippen LogP contribution is -2.67. The van der Waals surface area contributed by atoms with Crippen LogP contribution in [0.25, 0.3) is 0 Å². The van der Waals surface area contributed by atoms with Crippen LogP contribution in [-0.2, 0) is 4.74 Å². The minimum atomic E-state index is 0. The topological polar surface area (TPSA) is 45.7 Å². The molecule has 0 bridgehead atoms. The minimum Gasteiger partial charge on any atom is -0.377 e. The molecule has 1 aliphatic heterocycles. The van der Waals surface area contributed by atoms with Gasteiger partial charge in [-0.05, 0) is 6.42 Å². The van der Waals surface area contributed by atoms with Crippen LogP contribution < -0.4 is 10.6 Å². The Labute approximate surface area is 115 Å². The van der Waals surface area contributed by atoms with Crippen LogP contribution >= 0.6 is 24.0 Å². The molecule has 2 rings (SSSR count). The Balaban J connectivity index is 0.00000128. The van der Waals surface area contributed by atoms with Crippen LogP contribution in [0.2, 0.25) is 0 Å². The van der Waals surface area contributed by atoms with Crippen molar-refractivity contribution in [2.45, 2.75) is 32.4 Å². The van der Waals surface area contributed by atoms with E-state index in [1.165, 1.54) is 6.42 Å². The lowest BCUT2D eigenvalue weighted by atomic mass is 9.57. The van der Waals surface area contributed by atoms with Crippen LogP contribution in [0.15, 0.2) is 4.99 Å². The number of hydrogen-bond acceptors (Lipinski definition) is 2. The van der Waals surface area contributed by atoms with Gasteiger partial charge in [-0.2, -0.15) is 0 Å². The summed E-state index contributed by atoms with van der Waals surface area (Å²) in [6.07, 6.45) is 1.61. The molecule has 4 nitrogen and oxygen atoms in total. The van der Waals surface area contributed by atoms with Crippen molar-refractivity contribution >= 4 is 29.9 Å². The molecule has 0 aromatic carbocycles. The molecule has 1 saturated carbocycles. The van der Waals surface area contributed by atoms with Crippen molar-refractivity contribution in [2.75, 3.05) is 20.7 Å². The molecule has 0 spiro atoms. The van der Waals surface area contributed by atoms with E-state index in [-0.39, 0.29) is 29.4 Å². The first-order chi connectivity index (χ1) is 7.11. The van der Waals surface area contributed by atoms with E-state index in [1.807, 2.05) is 7.05 Å². The third kappa shape index (κ3) is 2.03. The number of aliphatic imine (C=N–C) groups is 1. The van der Waals surface area contributed by atoms with Crippen molar-refractivity contribution in [1.29, 1.82) is 0 Å². The van der Waals surface area contributed by atoms with Gasteiger partial charge in [-0.15, -0.1) is 24.0 Å². The predicted octanol–water partition coefficient (Wildman–Crippen LogP) is 1.21. The van der Waals surface area contributed by atoms with Crippen molar-refractivity contribution in [2.24, 2.45) is 16.3 Å². The summed E-state index contributed by atoms with van der Waals surface area (Å²) in [6, 6.07) is 0.483. The van der Waals surface area contributed by atoms with E-state index < -0.39 is 0 Å². The number of halogens is 1. The summed E-state index contributed by atoms with van der Waals surface area (Å²) in [6.45, 7) is 5.44. The average molecular weight is 339 g/mol. The van der Waals surface area contributed by atoms with Gasteiger partial charge < -0.3 is 15.4 Å². The molecule has 5 heteroatoms. The molecule has 1 aliphatic carbocycles. The molecule has 1 saturated heterocycles. The van der Waals surface area contributed by atoms with Crippen molar-refractivity contribution in [3.05, 3.63) is 0 Å². The Kier molecular flexibility index (Phi) is 4.45. The maximum absolute atomic E-state index is 5.75. The zero-order chi connectivity index (χ0) is 11.1. The van der Waals surface area contributed by atoms with Gasteiger partial charge >= 0.3 is 0 Å². The molecule has 2 N–H and O–H groups in total. The van der Waals surface area contributed by atoms with Gasteiger partial charge in [0.2, 0.25) is 0 Å². The first kappa shape index (κ1) is 14.0. The second-order valence-electron chi connectivity index (χ2n) is 5.01. The zero-order valence-electron chi connectivity index (χ0n) is 10.4. The van der Waals surface area contributed by atoms with E-state index in [0.29, 0.717) is 18.1 Å². The average Bonchev–Trinajstić information content (AvgIpc) is 2.65. The lowest BCUT2D eigenvalue weighted by molar-refractivity contribution is -0.106. The van der Waals surface area contributed by atoms with Crippen molar-refractivity contribution < 1.29 is 4.74 Å². The zero-order valence-corrected chi connectivity index (χ0v) is 12.7. The molecule has 0 aromatic rings. The van der Waals surface area contributed by atoms with E-state index in [2.05, 4.69) is 29.5 Å². The number of hydrogen-bond donors (Lipinski definition) is 2. The molecular formula is C11H22IN3O. The van der Waals surface area contributed by atoms with E-state index in [1.54, 1.807) is 7.05 Å². The second-order valence-corrected chi connectivity index (χ2v) is 5.01. The fourth-order valence-electron chi connectivity index (χ4n) is 3.01. The van der Waals surface area contributed by atoms with Crippen molar-refractivity contribution in [3.8, 4) is 0 Å². The summed E-state index contributed by atoms with van der Waals surface area (Å²) in [7, 11) is 3.69. The molecule has 1 heterocycles. The molecule has 2 fully saturated rings. The number of nitrogens with one attached hydrogen (secondary N) is 2. The third-order valence-electron chi connectivity index (χ3n) is 3.85. The Bertz CT molecular complexity index is 280. The lowest BCUT2D eigenvalue weighted by Gasteiger charge is -2.54. The predicted molar refractivity (Wildman–Crippen MR) is 76.4 cm³/mol. The molecule has 3 atom stereocenters. The molecule has 3 unspecified atom stereocenters. The number of guanidine groups is 1. The Morgan fingerprint density at radius 2 is 2.12 bits per heavy atom. The van der Waals surface area contributed by atoms with Gasteiger partial charge in [0, 0.05) is 38.1 Å².